The van der Waals surface area contributed by atoms with E-state index in [0.29, 0.717) is 18.1 Å². The molecule has 0 bridgehead atoms. The molecular formula is C14H25NO2S. The second-order valence-corrected chi connectivity index (χ2v) is 7.91. The van der Waals surface area contributed by atoms with Crippen molar-refractivity contribution in [1.29, 1.82) is 0 Å². The first-order valence-corrected chi connectivity index (χ1v) is 8.34. The molecule has 2 aliphatic heterocycles. The number of ether oxygens (including phenoxy) is 1. The average Bonchev–Trinajstić information content (AvgIpc) is 2.76. The molecule has 2 heterocycles. The van der Waals surface area contributed by atoms with Gasteiger partial charge in [-0.05, 0) is 25.0 Å². The lowest BCUT2D eigenvalue weighted by Gasteiger charge is -2.60. The van der Waals surface area contributed by atoms with E-state index < -0.39 is 5.60 Å². The molecular weight excluding hydrogens is 246 g/mol. The molecule has 2 saturated heterocycles. The Morgan fingerprint density at radius 1 is 1.44 bits per heavy atom. The highest BCUT2D eigenvalue weighted by molar-refractivity contribution is 7.99. The molecule has 4 unspecified atom stereocenters. The Morgan fingerprint density at radius 2 is 2.28 bits per heavy atom. The molecule has 3 aliphatic rings. The fourth-order valence-corrected chi connectivity index (χ4v) is 5.27. The molecule has 0 aromatic heterocycles. The molecule has 0 radical (unpaired) electrons. The predicted molar refractivity (Wildman–Crippen MR) is 74.9 cm³/mol. The summed E-state index contributed by atoms with van der Waals surface area (Å²) < 4.78 is 5.91. The van der Waals surface area contributed by atoms with Gasteiger partial charge >= 0.3 is 0 Å². The Morgan fingerprint density at radius 3 is 3.00 bits per heavy atom. The van der Waals surface area contributed by atoms with Crippen LogP contribution in [0.2, 0.25) is 0 Å². The third-order valence-electron chi connectivity index (χ3n) is 5.06. The zero-order valence-electron chi connectivity index (χ0n) is 11.4. The molecule has 3 fully saturated rings. The van der Waals surface area contributed by atoms with Crippen molar-refractivity contribution in [2.24, 2.45) is 11.3 Å². The highest BCUT2D eigenvalue weighted by Crippen LogP contribution is 2.51. The van der Waals surface area contributed by atoms with Gasteiger partial charge in [-0.3, -0.25) is 0 Å². The lowest BCUT2D eigenvalue weighted by Crippen LogP contribution is -2.70. The van der Waals surface area contributed by atoms with Gasteiger partial charge in [0.25, 0.3) is 0 Å². The van der Waals surface area contributed by atoms with Gasteiger partial charge < -0.3 is 15.2 Å². The van der Waals surface area contributed by atoms with Crippen LogP contribution >= 0.6 is 11.8 Å². The van der Waals surface area contributed by atoms with Gasteiger partial charge in [-0.1, -0.05) is 13.8 Å². The van der Waals surface area contributed by atoms with Crippen molar-refractivity contribution < 1.29 is 9.84 Å². The van der Waals surface area contributed by atoms with Crippen molar-refractivity contribution >= 4 is 11.8 Å². The summed E-state index contributed by atoms with van der Waals surface area (Å²) in [6, 6.07) is 0.512. The number of hydrogen-bond acceptors (Lipinski definition) is 4. The maximum absolute atomic E-state index is 10.4. The second-order valence-electron chi connectivity index (χ2n) is 6.80. The van der Waals surface area contributed by atoms with E-state index in [1.54, 1.807) is 0 Å². The van der Waals surface area contributed by atoms with E-state index in [9.17, 15) is 5.11 Å². The molecule has 0 amide bonds. The van der Waals surface area contributed by atoms with Gasteiger partial charge in [0, 0.05) is 36.3 Å². The smallest absolute Gasteiger partial charge is 0.0869 e. The van der Waals surface area contributed by atoms with E-state index in [2.05, 4.69) is 19.2 Å². The van der Waals surface area contributed by atoms with Gasteiger partial charge in [0.1, 0.15) is 0 Å². The lowest BCUT2D eigenvalue weighted by atomic mass is 9.55. The molecule has 0 aromatic carbocycles. The van der Waals surface area contributed by atoms with Crippen LogP contribution in [0.15, 0.2) is 0 Å². The molecule has 3 nitrogen and oxygen atoms in total. The lowest BCUT2D eigenvalue weighted by molar-refractivity contribution is -0.194. The maximum atomic E-state index is 10.4. The summed E-state index contributed by atoms with van der Waals surface area (Å²) in [6.07, 6.45) is 3.83. The summed E-state index contributed by atoms with van der Waals surface area (Å²) >= 11 is 1.87. The van der Waals surface area contributed by atoms with Crippen molar-refractivity contribution in [3.05, 3.63) is 0 Å². The van der Waals surface area contributed by atoms with Gasteiger partial charge in [0.05, 0.1) is 11.7 Å². The number of nitrogens with one attached hydrogen (secondary N) is 1. The van der Waals surface area contributed by atoms with Crippen LogP contribution in [-0.2, 0) is 4.74 Å². The van der Waals surface area contributed by atoms with Gasteiger partial charge in [0.2, 0.25) is 0 Å². The molecule has 0 spiro atoms. The van der Waals surface area contributed by atoms with Crippen molar-refractivity contribution in [3.8, 4) is 0 Å². The first-order valence-electron chi connectivity index (χ1n) is 7.18. The second kappa shape index (κ2) is 4.65. The van der Waals surface area contributed by atoms with Crippen molar-refractivity contribution in [1.82, 2.24) is 5.32 Å². The third kappa shape index (κ3) is 2.11. The summed E-state index contributed by atoms with van der Waals surface area (Å²) in [7, 11) is 0. The quantitative estimate of drug-likeness (QED) is 0.819. The Hall–Kier alpha value is 0.230. The van der Waals surface area contributed by atoms with Crippen LogP contribution in [0, 0.1) is 11.3 Å². The molecule has 104 valence electrons. The topological polar surface area (TPSA) is 41.5 Å². The number of rotatable bonds is 3. The number of aliphatic hydroxyl groups is 1. The third-order valence-corrected chi connectivity index (χ3v) is 6.30. The van der Waals surface area contributed by atoms with Crippen LogP contribution in [0.5, 0.6) is 0 Å². The predicted octanol–water partition coefficient (Wildman–Crippen LogP) is 1.65. The van der Waals surface area contributed by atoms with Crippen LogP contribution in [0.1, 0.15) is 33.1 Å². The Labute approximate surface area is 114 Å². The van der Waals surface area contributed by atoms with E-state index in [0.717, 1.165) is 31.1 Å². The van der Waals surface area contributed by atoms with Crippen molar-refractivity contribution in [2.75, 3.05) is 24.7 Å². The molecule has 3 rings (SSSR count). The summed E-state index contributed by atoms with van der Waals surface area (Å²) in [5, 5.41) is 14.1. The van der Waals surface area contributed by atoms with Crippen LogP contribution in [0.25, 0.3) is 0 Å². The first kappa shape index (κ1) is 13.2. The zero-order valence-corrected chi connectivity index (χ0v) is 12.3. The molecule has 1 saturated carbocycles. The first-order chi connectivity index (χ1) is 8.53. The van der Waals surface area contributed by atoms with E-state index in [1.807, 2.05) is 11.8 Å². The molecule has 18 heavy (non-hydrogen) atoms. The normalized spacial score (nSPS) is 46.5. The fourth-order valence-electron chi connectivity index (χ4n) is 3.97. The zero-order chi connectivity index (χ0) is 12.8. The Kier molecular flexibility index (Phi) is 3.42. The largest absolute Gasteiger partial charge is 0.388 e. The fraction of sp³-hybridized carbons (Fsp3) is 1.00. The van der Waals surface area contributed by atoms with Crippen LogP contribution in [0.4, 0.5) is 0 Å². The van der Waals surface area contributed by atoms with Crippen molar-refractivity contribution in [2.45, 2.75) is 50.9 Å². The summed E-state index contributed by atoms with van der Waals surface area (Å²) in [6.45, 7) is 6.27. The Balaban J connectivity index is 1.59. The van der Waals surface area contributed by atoms with E-state index in [-0.39, 0.29) is 5.41 Å². The van der Waals surface area contributed by atoms with Crippen molar-refractivity contribution in [3.63, 3.8) is 0 Å². The molecule has 4 atom stereocenters. The number of fused-ring (bicyclic) bond motifs is 1. The molecule has 4 heteroatoms. The van der Waals surface area contributed by atoms with Gasteiger partial charge in [-0.25, -0.2) is 0 Å². The van der Waals surface area contributed by atoms with E-state index >= 15 is 0 Å². The van der Waals surface area contributed by atoms with Crippen LogP contribution in [0.3, 0.4) is 0 Å². The molecule has 2 N–H and O–H groups in total. The molecule has 0 aromatic rings. The summed E-state index contributed by atoms with van der Waals surface area (Å²) in [5.74, 6) is 2.64. The minimum absolute atomic E-state index is 0.215. The standard InChI is InChI=1S/C14H25NO2S/c1-13(2)11(10-4-3-6-17-12(10)13)15-8-14(16)5-7-18-9-14/h10-12,15-16H,3-9H2,1-2H3. The van der Waals surface area contributed by atoms with Crippen LogP contribution in [-0.4, -0.2) is 47.5 Å². The highest BCUT2D eigenvalue weighted by Gasteiger charge is 2.57. The number of thioether (sulfide) groups is 1. The van der Waals surface area contributed by atoms with Crippen LogP contribution < -0.4 is 5.32 Å². The van der Waals surface area contributed by atoms with Gasteiger partial charge in [-0.2, -0.15) is 11.8 Å². The molecule has 1 aliphatic carbocycles. The SMILES string of the molecule is CC1(C)C(NCC2(O)CCSC2)C2CCCOC21. The average molecular weight is 271 g/mol. The number of hydrogen-bond donors (Lipinski definition) is 2. The monoisotopic (exact) mass is 271 g/mol. The summed E-state index contributed by atoms with van der Waals surface area (Å²) in [5.41, 5.74) is -0.255. The van der Waals surface area contributed by atoms with Gasteiger partial charge in [0.15, 0.2) is 0 Å². The van der Waals surface area contributed by atoms with Gasteiger partial charge in [-0.15, -0.1) is 0 Å². The minimum Gasteiger partial charge on any atom is -0.388 e. The summed E-state index contributed by atoms with van der Waals surface area (Å²) in [4.78, 5) is 0. The highest BCUT2D eigenvalue weighted by atomic mass is 32.2. The van der Waals surface area contributed by atoms with E-state index in [1.165, 1.54) is 12.8 Å². The maximum Gasteiger partial charge on any atom is 0.0869 e. The van der Waals surface area contributed by atoms with E-state index in [4.69, 9.17) is 4.74 Å². The Bertz CT molecular complexity index is 315. The minimum atomic E-state index is -0.471.